The van der Waals surface area contributed by atoms with Crippen molar-refractivity contribution in [1.29, 1.82) is 0 Å². The van der Waals surface area contributed by atoms with Gasteiger partial charge in [0.2, 0.25) is 5.91 Å². The van der Waals surface area contributed by atoms with Crippen molar-refractivity contribution in [3.05, 3.63) is 65.2 Å². The molecule has 168 valence electrons. The normalized spacial score (nSPS) is 20.3. The fourth-order valence-corrected chi connectivity index (χ4v) is 4.92. The molecule has 2 aromatic carbocycles. The number of hydrogen-bond acceptors (Lipinski definition) is 4. The number of ether oxygens (including phenoxy) is 1. The van der Waals surface area contributed by atoms with E-state index in [1.807, 2.05) is 41.3 Å². The summed E-state index contributed by atoms with van der Waals surface area (Å²) in [4.78, 5) is 31.2. The number of benzene rings is 2. The molecular formula is C26H30N2O4. The summed E-state index contributed by atoms with van der Waals surface area (Å²) in [6.07, 6.45) is 2.78. The molecule has 1 amide bonds. The number of likely N-dealkylation sites (tertiary alicyclic amines) is 1. The smallest absolute Gasteiger partial charge is 0.303 e. The van der Waals surface area contributed by atoms with Gasteiger partial charge in [0, 0.05) is 31.8 Å². The molecule has 2 aliphatic heterocycles. The van der Waals surface area contributed by atoms with E-state index < -0.39 is 5.97 Å². The zero-order valence-electron chi connectivity index (χ0n) is 18.5. The molecule has 32 heavy (non-hydrogen) atoms. The Hall–Kier alpha value is -3.15. The molecule has 0 bridgehead atoms. The highest BCUT2D eigenvalue weighted by Gasteiger charge is 2.34. The first-order valence-corrected chi connectivity index (χ1v) is 11.3. The maximum Gasteiger partial charge on any atom is 0.303 e. The van der Waals surface area contributed by atoms with Crippen LogP contribution in [0.1, 0.15) is 36.0 Å². The molecular weight excluding hydrogens is 404 g/mol. The Morgan fingerprint density at radius 1 is 1.16 bits per heavy atom. The van der Waals surface area contributed by atoms with Crippen LogP contribution >= 0.6 is 0 Å². The summed E-state index contributed by atoms with van der Waals surface area (Å²) in [5.74, 6) is 0.278. The number of amides is 1. The van der Waals surface area contributed by atoms with Crippen LogP contribution in [0.3, 0.4) is 0 Å². The molecule has 0 radical (unpaired) electrons. The number of carboxylic acid groups (broad SMARTS) is 1. The van der Waals surface area contributed by atoms with E-state index in [1.54, 1.807) is 7.11 Å². The third-order valence-electron chi connectivity index (χ3n) is 6.64. The number of piperidine rings is 1. The Bertz CT molecular complexity index is 1000. The highest BCUT2D eigenvalue weighted by Crippen LogP contribution is 2.33. The first-order valence-electron chi connectivity index (χ1n) is 11.3. The van der Waals surface area contributed by atoms with Gasteiger partial charge in [-0.15, -0.1) is 0 Å². The summed E-state index contributed by atoms with van der Waals surface area (Å²) in [7, 11) is 1.67. The van der Waals surface area contributed by atoms with Crippen LogP contribution in [0.5, 0.6) is 5.75 Å². The number of carbonyl (C=O) groups is 2. The van der Waals surface area contributed by atoms with Crippen LogP contribution in [0.2, 0.25) is 0 Å². The molecule has 1 N–H and O–H groups in total. The molecule has 2 atom stereocenters. The Balaban J connectivity index is 1.50. The Kier molecular flexibility index (Phi) is 6.88. The zero-order chi connectivity index (χ0) is 22.5. The van der Waals surface area contributed by atoms with Gasteiger partial charge >= 0.3 is 5.97 Å². The van der Waals surface area contributed by atoms with Crippen molar-refractivity contribution in [2.75, 3.05) is 26.7 Å². The summed E-state index contributed by atoms with van der Waals surface area (Å²) in [5.41, 5.74) is 4.36. The second-order valence-corrected chi connectivity index (χ2v) is 8.71. The minimum absolute atomic E-state index is 0.0413. The molecule has 6 nitrogen and oxygen atoms in total. The SMILES string of the molecule is COc1ccc2c(c1)CCN=C2CC1CN(C(=O)Cc2ccccc2)CCC1CC(=O)O. The van der Waals surface area contributed by atoms with E-state index in [0.29, 0.717) is 32.4 Å². The second-order valence-electron chi connectivity index (χ2n) is 8.71. The molecule has 2 aliphatic rings. The number of fused-ring (bicyclic) bond motifs is 1. The van der Waals surface area contributed by atoms with Crippen molar-refractivity contribution >= 4 is 17.6 Å². The fourth-order valence-electron chi connectivity index (χ4n) is 4.92. The number of carbonyl (C=O) groups excluding carboxylic acids is 1. The summed E-state index contributed by atoms with van der Waals surface area (Å²) in [6.45, 7) is 1.91. The third-order valence-corrected chi connectivity index (χ3v) is 6.64. The Morgan fingerprint density at radius 3 is 2.72 bits per heavy atom. The predicted octanol–water partition coefficient (Wildman–Crippen LogP) is 3.61. The van der Waals surface area contributed by atoms with E-state index in [1.165, 1.54) is 5.56 Å². The lowest BCUT2D eigenvalue weighted by Gasteiger charge is -2.39. The largest absolute Gasteiger partial charge is 0.497 e. The van der Waals surface area contributed by atoms with Gasteiger partial charge in [-0.3, -0.25) is 14.6 Å². The average molecular weight is 435 g/mol. The van der Waals surface area contributed by atoms with Gasteiger partial charge in [0.25, 0.3) is 0 Å². The summed E-state index contributed by atoms with van der Waals surface area (Å²) in [6, 6.07) is 15.8. The van der Waals surface area contributed by atoms with Crippen LogP contribution in [0.15, 0.2) is 53.5 Å². The third kappa shape index (κ3) is 5.18. The monoisotopic (exact) mass is 434 g/mol. The van der Waals surface area contributed by atoms with Gasteiger partial charge in [-0.2, -0.15) is 0 Å². The molecule has 1 fully saturated rings. The summed E-state index contributed by atoms with van der Waals surface area (Å²) >= 11 is 0. The number of aliphatic imine (C=N–C) groups is 1. The predicted molar refractivity (Wildman–Crippen MR) is 123 cm³/mol. The van der Waals surface area contributed by atoms with E-state index >= 15 is 0 Å². The topological polar surface area (TPSA) is 79.2 Å². The molecule has 2 heterocycles. The molecule has 0 aliphatic carbocycles. The molecule has 0 aromatic heterocycles. The number of aliphatic carboxylic acids is 1. The van der Waals surface area contributed by atoms with Gasteiger partial charge in [0.15, 0.2) is 0 Å². The van der Waals surface area contributed by atoms with Gasteiger partial charge in [0.05, 0.1) is 13.5 Å². The Labute approximate surface area is 188 Å². The lowest BCUT2D eigenvalue weighted by atomic mass is 9.78. The number of hydrogen-bond donors (Lipinski definition) is 1. The van der Waals surface area contributed by atoms with E-state index in [9.17, 15) is 14.7 Å². The maximum atomic E-state index is 13.0. The maximum absolute atomic E-state index is 13.0. The quantitative estimate of drug-likeness (QED) is 0.722. The molecule has 1 saturated heterocycles. The number of methoxy groups -OCH3 is 1. The van der Waals surface area contributed by atoms with Crippen LogP contribution in [0.4, 0.5) is 0 Å². The van der Waals surface area contributed by atoms with Crippen molar-refractivity contribution in [2.45, 2.75) is 32.1 Å². The molecule has 2 aromatic rings. The van der Waals surface area contributed by atoms with Crippen LogP contribution in [-0.4, -0.2) is 54.3 Å². The van der Waals surface area contributed by atoms with Gasteiger partial charge in [-0.25, -0.2) is 0 Å². The Morgan fingerprint density at radius 2 is 1.97 bits per heavy atom. The lowest BCUT2D eigenvalue weighted by molar-refractivity contribution is -0.139. The molecule has 2 unspecified atom stereocenters. The van der Waals surface area contributed by atoms with Crippen molar-refractivity contribution in [3.8, 4) is 5.75 Å². The van der Waals surface area contributed by atoms with E-state index in [0.717, 1.165) is 35.6 Å². The fraction of sp³-hybridized carbons (Fsp3) is 0.423. The highest BCUT2D eigenvalue weighted by atomic mass is 16.5. The van der Waals surface area contributed by atoms with Gasteiger partial charge in [-0.05, 0) is 66.0 Å². The second kappa shape index (κ2) is 9.98. The van der Waals surface area contributed by atoms with Crippen molar-refractivity contribution in [3.63, 3.8) is 0 Å². The minimum atomic E-state index is -0.778. The highest BCUT2D eigenvalue weighted by molar-refractivity contribution is 6.03. The first-order chi connectivity index (χ1) is 15.5. The zero-order valence-corrected chi connectivity index (χ0v) is 18.5. The van der Waals surface area contributed by atoms with Crippen LogP contribution in [0, 0.1) is 11.8 Å². The van der Waals surface area contributed by atoms with Crippen LogP contribution in [0.25, 0.3) is 0 Å². The van der Waals surface area contributed by atoms with Gasteiger partial charge < -0.3 is 14.7 Å². The molecule has 0 spiro atoms. The molecule has 0 saturated carbocycles. The molecule has 4 rings (SSSR count). The number of rotatable bonds is 7. The summed E-state index contributed by atoms with van der Waals surface area (Å²) in [5, 5.41) is 9.45. The number of carboxylic acids is 1. The van der Waals surface area contributed by atoms with Crippen LogP contribution in [-0.2, 0) is 22.4 Å². The van der Waals surface area contributed by atoms with Crippen LogP contribution < -0.4 is 4.74 Å². The van der Waals surface area contributed by atoms with Gasteiger partial charge in [-0.1, -0.05) is 30.3 Å². The standard InChI is InChI=1S/C26H30N2O4/c1-32-22-7-8-23-20(14-22)9-11-27-24(23)15-21-17-28(12-10-19(21)16-26(30)31)25(29)13-18-5-3-2-4-6-18/h2-8,14,19,21H,9-13,15-17H2,1H3,(H,30,31). The summed E-state index contributed by atoms with van der Waals surface area (Å²) < 4.78 is 5.37. The van der Waals surface area contributed by atoms with E-state index in [2.05, 4.69) is 12.1 Å². The van der Waals surface area contributed by atoms with E-state index in [-0.39, 0.29) is 24.2 Å². The van der Waals surface area contributed by atoms with E-state index in [4.69, 9.17) is 9.73 Å². The minimum Gasteiger partial charge on any atom is -0.497 e. The average Bonchev–Trinajstić information content (AvgIpc) is 2.80. The van der Waals surface area contributed by atoms with Crippen molar-refractivity contribution in [2.24, 2.45) is 16.8 Å². The van der Waals surface area contributed by atoms with Crippen molar-refractivity contribution < 1.29 is 19.4 Å². The van der Waals surface area contributed by atoms with Gasteiger partial charge in [0.1, 0.15) is 5.75 Å². The number of nitrogens with zero attached hydrogens (tertiary/aromatic N) is 2. The first kappa shape index (κ1) is 22.1. The van der Waals surface area contributed by atoms with Crippen molar-refractivity contribution in [1.82, 2.24) is 4.90 Å². The molecule has 6 heteroatoms. The lowest BCUT2D eigenvalue weighted by Crippen LogP contribution is -2.45.